The fourth-order valence-corrected chi connectivity index (χ4v) is 2.04. The number of carbonyl (C=O) groups excluding carboxylic acids is 1. The number of β-amino-alcohol motifs (C(OH)–C–C–N with tert-alkyl or cyclic N) is 1. The minimum absolute atomic E-state index is 0.0957. The van der Waals surface area contributed by atoms with Crippen LogP contribution in [-0.2, 0) is 0 Å². The van der Waals surface area contributed by atoms with Crippen LogP contribution in [0.3, 0.4) is 0 Å². The molecule has 0 spiro atoms. The van der Waals surface area contributed by atoms with Crippen LogP contribution in [0.2, 0.25) is 0 Å². The summed E-state index contributed by atoms with van der Waals surface area (Å²) in [5.74, 6) is -0.926. The number of aliphatic hydroxyl groups is 1. The lowest BCUT2D eigenvalue weighted by atomic mass is 10.1. The first-order valence-electron chi connectivity index (χ1n) is 5.58. The molecule has 1 fully saturated rings. The van der Waals surface area contributed by atoms with E-state index in [1.165, 1.54) is 23.1 Å². The second kappa shape index (κ2) is 4.63. The monoisotopic (exact) mass is 237 g/mol. The Bertz CT molecular complexity index is 412. The number of amides is 1. The third-order valence-electron chi connectivity index (χ3n) is 2.92. The van der Waals surface area contributed by atoms with Crippen LogP contribution in [0.25, 0.3) is 0 Å². The first kappa shape index (κ1) is 11.7. The zero-order valence-corrected chi connectivity index (χ0v) is 9.33. The van der Waals surface area contributed by atoms with Crippen molar-refractivity contribution in [3.05, 3.63) is 23.8 Å². The molecule has 1 aliphatic rings. The van der Waals surface area contributed by atoms with Gasteiger partial charge in [0.15, 0.2) is 0 Å². The van der Waals surface area contributed by atoms with Gasteiger partial charge in [-0.2, -0.15) is 0 Å². The Morgan fingerprint density at radius 1 is 1.29 bits per heavy atom. The van der Waals surface area contributed by atoms with Gasteiger partial charge in [-0.15, -0.1) is 0 Å². The first-order valence-corrected chi connectivity index (χ1v) is 5.58. The molecule has 1 amide bonds. The molecule has 3 N–H and O–H groups in total. The number of benzene rings is 1. The van der Waals surface area contributed by atoms with Crippen LogP contribution in [0, 0.1) is 0 Å². The summed E-state index contributed by atoms with van der Waals surface area (Å²) in [4.78, 5) is 13.5. The fourth-order valence-electron chi connectivity index (χ4n) is 2.04. The lowest BCUT2D eigenvalue weighted by Crippen LogP contribution is -2.42. The molecule has 1 aliphatic heterocycles. The van der Waals surface area contributed by atoms with E-state index in [2.05, 4.69) is 0 Å². The molecule has 17 heavy (non-hydrogen) atoms. The average molecular weight is 237 g/mol. The van der Waals surface area contributed by atoms with E-state index in [1.807, 2.05) is 0 Å². The number of aliphatic hydroxyl groups excluding tert-OH is 1. The summed E-state index contributed by atoms with van der Waals surface area (Å²) in [6, 6.07) is 4.17. The van der Waals surface area contributed by atoms with E-state index in [0.29, 0.717) is 13.0 Å². The van der Waals surface area contributed by atoms with Crippen LogP contribution in [0.1, 0.15) is 23.2 Å². The number of aromatic hydroxyl groups is 2. The van der Waals surface area contributed by atoms with Gasteiger partial charge in [-0.1, -0.05) is 6.07 Å². The van der Waals surface area contributed by atoms with Gasteiger partial charge in [0.25, 0.3) is 5.91 Å². The van der Waals surface area contributed by atoms with Gasteiger partial charge in [0.2, 0.25) is 0 Å². The molecular formula is C12H15NO4. The van der Waals surface area contributed by atoms with Crippen molar-refractivity contribution in [3.63, 3.8) is 0 Å². The summed E-state index contributed by atoms with van der Waals surface area (Å²) in [5, 5.41) is 28.7. The van der Waals surface area contributed by atoms with Crippen LogP contribution in [0.5, 0.6) is 11.5 Å². The van der Waals surface area contributed by atoms with Gasteiger partial charge in [-0.05, 0) is 25.0 Å². The third-order valence-corrected chi connectivity index (χ3v) is 2.92. The molecule has 0 unspecified atom stereocenters. The molecule has 1 saturated heterocycles. The van der Waals surface area contributed by atoms with Crippen molar-refractivity contribution in [1.82, 2.24) is 4.90 Å². The van der Waals surface area contributed by atoms with Gasteiger partial charge >= 0.3 is 0 Å². The largest absolute Gasteiger partial charge is 0.507 e. The van der Waals surface area contributed by atoms with Crippen molar-refractivity contribution >= 4 is 5.91 Å². The Labute approximate surface area is 98.9 Å². The first-order chi connectivity index (χ1) is 8.09. The minimum atomic E-state index is -0.527. The highest BCUT2D eigenvalue weighted by molar-refractivity contribution is 5.99. The topological polar surface area (TPSA) is 81.0 Å². The fraction of sp³-hybridized carbons (Fsp3) is 0.417. The highest BCUT2D eigenvalue weighted by Crippen LogP contribution is 2.28. The van der Waals surface area contributed by atoms with Crippen LogP contribution in [0.4, 0.5) is 0 Å². The quantitative estimate of drug-likeness (QED) is 0.671. The molecule has 0 radical (unpaired) electrons. The standard InChI is InChI=1S/C12H15NO4/c14-8-3-2-6-13(7-8)12(17)11-9(15)4-1-5-10(11)16/h1,4-5,8,14-16H,2-3,6-7H2/t8-/m0/s1. The van der Waals surface area contributed by atoms with Gasteiger partial charge in [0.1, 0.15) is 17.1 Å². The van der Waals surface area contributed by atoms with Crippen molar-refractivity contribution in [2.45, 2.75) is 18.9 Å². The number of hydrogen-bond acceptors (Lipinski definition) is 4. The SMILES string of the molecule is O=C(c1c(O)cccc1O)N1CCC[C@H](O)C1. The molecule has 5 nitrogen and oxygen atoms in total. The molecule has 1 heterocycles. The molecule has 2 rings (SSSR count). The van der Waals surface area contributed by atoms with E-state index in [-0.39, 0.29) is 23.6 Å². The van der Waals surface area contributed by atoms with Crippen molar-refractivity contribution in [2.24, 2.45) is 0 Å². The predicted octanol–water partition coefficient (Wildman–Crippen LogP) is 0.695. The smallest absolute Gasteiger partial charge is 0.261 e. The number of likely N-dealkylation sites (tertiary alicyclic amines) is 1. The molecule has 1 aromatic rings. The molecule has 0 aromatic heterocycles. The highest BCUT2D eigenvalue weighted by atomic mass is 16.3. The normalized spacial score (nSPS) is 20.3. The minimum Gasteiger partial charge on any atom is -0.507 e. The lowest BCUT2D eigenvalue weighted by molar-refractivity contribution is 0.0468. The molecule has 0 aliphatic carbocycles. The van der Waals surface area contributed by atoms with E-state index in [9.17, 15) is 20.1 Å². The van der Waals surface area contributed by atoms with Gasteiger partial charge < -0.3 is 20.2 Å². The summed E-state index contributed by atoms with van der Waals surface area (Å²) in [6.45, 7) is 0.774. The van der Waals surface area contributed by atoms with Crippen molar-refractivity contribution in [3.8, 4) is 11.5 Å². The van der Waals surface area contributed by atoms with E-state index in [0.717, 1.165) is 6.42 Å². The molecule has 1 atom stereocenters. The highest BCUT2D eigenvalue weighted by Gasteiger charge is 2.26. The second-order valence-electron chi connectivity index (χ2n) is 4.22. The maximum absolute atomic E-state index is 12.1. The summed E-state index contributed by atoms with van der Waals surface area (Å²) >= 11 is 0. The summed E-state index contributed by atoms with van der Waals surface area (Å²) < 4.78 is 0. The van der Waals surface area contributed by atoms with Crippen LogP contribution in [-0.4, -0.2) is 45.3 Å². The molecule has 0 saturated carbocycles. The zero-order chi connectivity index (χ0) is 12.4. The predicted molar refractivity (Wildman–Crippen MR) is 60.9 cm³/mol. The van der Waals surface area contributed by atoms with Gasteiger partial charge in [-0.25, -0.2) is 0 Å². The Morgan fingerprint density at radius 2 is 1.94 bits per heavy atom. The number of phenols is 2. The van der Waals surface area contributed by atoms with E-state index < -0.39 is 12.0 Å². The summed E-state index contributed by atoms with van der Waals surface area (Å²) in [6.07, 6.45) is 0.873. The van der Waals surface area contributed by atoms with Crippen molar-refractivity contribution < 1.29 is 20.1 Å². The number of rotatable bonds is 1. The average Bonchev–Trinajstić information content (AvgIpc) is 2.28. The maximum atomic E-state index is 12.1. The number of carbonyl (C=O) groups is 1. The van der Waals surface area contributed by atoms with E-state index in [4.69, 9.17) is 0 Å². The van der Waals surface area contributed by atoms with Crippen LogP contribution >= 0.6 is 0 Å². The van der Waals surface area contributed by atoms with Gasteiger partial charge in [-0.3, -0.25) is 4.79 Å². The third kappa shape index (κ3) is 2.34. The van der Waals surface area contributed by atoms with E-state index >= 15 is 0 Å². The summed E-state index contributed by atoms with van der Waals surface area (Å²) in [5.41, 5.74) is -0.0957. The molecular weight excluding hydrogens is 222 g/mol. The van der Waals surface area contributed by atoms with Gasteiger partial charge in [0, 0.05) is 13.1 Å². The number of phenolic OH excluding ortho intramolecular Hbond substituents is 2. The second-order valence-corrected chi connectivity index (χ2v) is 4.22. The van der Waals surface area contributed by atoms with Crippen LogP contribution < -0.4 is 0 Å². The number of nitrogens with zero attached hydrogens (tertiary/aromatic N) is 1. The Morgan fingerprint density at radius 3 is 2.53 bits per heavy atom. The van der Waals surface area contributed by atoms with Crippen molar-refractivity contribution in [1.29, 1.82) is 0 Å². The lowest BCUT2D eigenvalue weighted by Gasteiger charge is -2.30. The maximum Gasteiger partial charge on any atom is 0.261 e. The number of hydrogen-bond donors (Lipinski definition) is 3. The summed E-state index contributed by atoms with van der Waals surface area (Å²) in [7, 11) is 0. The van der Waals surface area contributed by atoms with Gasteiger partial charge in [0.05, 0.1) is 6.10 Å². The van der Waals surface area contributed by atoms with Crippen molar-refractivity contribution in [2.75, 3.05) is 13.1 Å². The molecule has 0 bridgehead atoms. The van der Waals surface area contributed by atoms with Crippen LogP contribution in [0.15, 0.2) is 18.2 Å². The number of piperidine rings is 1. The Hall–Kier alpha value is -1.75. The van der Waals surface area contributed by atoms with E-state index in [1.54, 1.807) is 0 Å². The molecule has 92 valence electrons. The molecule has 5 heteroatoms. The Balaban J connectivity index is 2.24. The zero-order valence-electron chi connectivity index (χ0n) is 9.33. The molecule has 1 aromatic carbocycles. The Kier molecular flexibility index (Phi) is 3.19.